The van der Waals surface area contributed by atoms with Crippen molar-refractivity contribution in [3.8, 4) is 28.4 Å². The molecule has 0 bridgehead atoms. The molecular formula is C27H31FN2O3. The van der Waals surface area contributed by atoms with Crippen molar-refractivity contribution in [2.75, 3.05) is 52.4 Å². The summed E-state index contributed by atoms with van der Waals surface area (Å²) in [6.07, 6.45) is 0. The third-order valence-corrected chi connectivity index (χ3v) is 6.27. The molecule has 0 unspecified atom stereocenters. The minimum atomic E-state index is -0.212. The third kappa shape index (κ3) is 4.91. The fourth-order valence-corrected chi connectivity index (χ4v) is 4.51. The van der Waals surface area contributed by atoms with E-state index < -0.39 is 0 Å². The Morgan fingerprint density at radius 2 is 1.42 bits per heavy atom. The Bertz CT molecular complexity index is 1090. The van der Waals surface area contributed by atoms with Gasteiger partial charge >= 0.3 is 0 Å². The van der Waals surface area contributed by atoms with Crippen LogP contribution in [0.1, 0.15) is 11.1 Å². The number of hydrogen-bond donors (Lipinski definition) is 0. The van der Waals surface area contributed by atoms with E-state index in [0.717, 1.165) is 55.2 Å². The Hall–Kier alpha value is -3.25. The maximum Gasteiger partial charge on any atom is 0.203 e. The van der Waals surface area contributed by atoms with E-state index in [0.29, 0.717) is 11.5 Å². The van der Waals surface area contributed by atoms with Crippen LogP contribution < -0.4 is 19.1 Å². The minimum Gasteiger partial charge on any atom is -0.493 e. The van der Waals surface area contributed by atoms with Crippen LogP contribution in [0.25, 0.3) is 11.1 Å². The first kappa shape index (κ1) is 22.9. The van der Waals surface area contributed by atoms with Gasteiger partial charge in [-0.15, -0.1) is 0 Å². The van der Waals surface area contributed by atoms with Gasteiger partial charge in [-0.3, -0.25) is 4.90 Å². The highest BCUT2D eigenvalue weighted by Gasteiger charge is 2.22. The monoisotopic (exact) mass is 450 g/mol. The van der Waals surface area contributed by atoms with Crippen LogP contribution in [0.15, 0.2) is 54.6 Å². The van der Waals surface area contributed by atoms with E-state index >= 15 is 0 Å². The van der Waals surface area contributed by atoms with Gasteiger partial charge in [-0.05, 0) is 53.9 Å². The topological polar surface area (TPSA) is 34.2 Å². The highest BCUT2D eigenvalue weighted by Crippen LogP contribution is 2.40. The Kier molecular flexibility index (Phi) is 7.04. The first-order valence-corrected chi connectivity index (χ1v) is 11.2. The van der Waals surface area contributed by atoms with E-state index in [4.69, 9.17) is 14.2 Å². The number of piperazine rings is 1. The first-order chi connectivity index (χ1) is 16.0. The van der Waals surface area contributed by atoms with Gasteiger partial charge in [0.2, 0.25) is 5.75 Å². The molecule has 4 rings (SSSR count). The number of ether oxygens (including phenoxy) is 3. The molecule has 1 fully saturated rings. The molecule has 1 heterocycles. The van der Waals surface area contributed by atoms with Gasteiger partial charge in [0.1, 0.15) is 5.82 Å². The summed E-state index contributed by atoms with van der Waals surface area (Å²) < 4.78 is 29.8. The molecule has 0 aliphatic carbocycles. The molecule has 1 aliphatic rings. The normalized spacial score (nSPS) is 14.3. The molecule has 3 aromatic rings. The summed E-state index contributed by atoms with van der Waals surface area (Å²) in [5.74, 6) is 1.82. The fourth-order valence-electron chi connectivity index (χ4n) is 4.51. The van der Waals surface area contributed by atoms with E-state index in [2.05, 4.69) is 34.9 Å². The van der Waals surface area contributed by atoms with Crippen LogP contribution in [0, 0.1) is 12.7 Å². The molecule has 0 spiro atoms. The van der Waals surface area contributed by atoms with Gasteiger partial charge < -0.3 is 19.1 Å². The van der Waals surface area contributed by atoms with Crippen LogP contribution in [0.3, 0.4) is 0 Å². The molecule has 0 aromatic heterocycles. The molecule has 174 valence electrons. The first-order valence-electron chi connectivity index (χ1n) is 11.2. The quantitative estimate of drug-likeness (QED) is 0.497. The van der Waals surface area contributed by atoms with Gasteiger partial charge in [0.25, 0.3) is 0 Å². The van der Waals surface area contributed by atoms with Crippen molar-refractivity contribution in [3.05, 3.63) is 71.5 Å². The zero-order valence-corrected chi connectivity index (χ0v) is 19.7. The zero-order valence-electron chi connectivity index (χ0n) is 19.7. The van der Waals surface area contributed by atoms with E-state index in [1.807, 2.05) is 24.3 Å². The van der Waals surface area contributed by atoms with Crippen molar-refractivity contribution >= 4 is 5.69 Å². The molecule has 33 heavy (non-hydrogen) atoms. The lowest BCUT2D eigenvalue weighted by molar-refractivity contribution is 0.243. The lowest BCUT2D eigenvalue weighted by Gasteiger charge is -2.37. The summed E-state index contributed by atoms with van der Waals surface area (Å²) in [7, 11) is 4.92. The zero-order chi connectivity index (χ0) is 23.4. The van der Waals surface area contributed by atoms with E-state index in [-0.39, 0.29) is 5.82 Å². The predicted molar refractivity (Wildman–Crippen MR) is 130 cm³/mol. The van der Waals surface area contributed by atoms with Crippen molar-refractivity contribution in [3.63, 3.8) is 0 Å². The van der Waals surface area contributed by atoms with Crippen molar-refractivity contribution in [2.24, 2.45) is 0 Å². The molecular weight excluding hydrogens is 419 g/mol. The van der Waals surface area contributed by atoms with Crippen LogP contribution in [-0.2, 0) is 6.54 Å². The second-order valence-corrected chi connectivity index (χ2v) is 8.26. The number of methoxy groups -OCH3 is 3. The van der Waals surface area contributed by atoms with Crippen molar-refractivity contribution in [1.82, 2.24) is 4.90 Å². The third-order valence-electron chi connectivity index (χ3n) is 6.27. The number of nitrogens with zero attached hydrogens (tertiary/aromatic N) is 2. The maximum atomic E-state index is 13.2. The molecule has 0 atom stereocenters. The molecule has 5 nitrogen and oxygen atoms in total. The van der Waals surface area contributed by atoms with Crippen LogP contribution in [0.2, 0.25) is 0 Å². The molecule has 0 saturated carbocycles. The molecule has 1 saturated heterocycles. The number of anilines is 1. The Balaban J connectivity index is 1.43. The SMILES string of the molecule is COc1ccc(CN2CCN(c3ccc(-c4ccc(F)cc4)cc3C)CC2)c(OC)c1OC. The summed E-state index contributed by atoms with van der Waals surface area (Å²) in [4.78, 5) is 4.87. The Labute approximate surface area is 195 Å². The van der Waals surface area contributed by atoms with Gasteiger partial charge in [0.05, 0.1) is 21.3 Å². The number of halogens is 1. The molecule has 3 aromatic carbocycles. The van der Waals surface area contributed by atoms with E-state index in [1.165, 1.54) is 23.4 Å². The number of hydrogen-bond acceptors (Lipinski definition) is 5. The van der Waals surface area contributed by atoms with Gasteiger partial charge in [-0.1, -0.05) is 24.3 Å². The predicted octanol–water partition coefficient (Wildman–Crippen LogP) is 5.15. The van der Waals surface area contributed by atoms with E-state index in [9.17, 15) is 4.39 Å². The van der Waals surface area contributed by atoms with Gasteiger partial charge in [0.15, 0.2) is 11.5 Å². The van der Waals surface area contributed by atoms with Gasteiger partial charge in [0, 0.05) is 44.0 Å². The van der Waals surface area contributed by atoms with Gasteiger partial charge in [-0.25, -0.2) is 4.39 Å². The smallest absolute Gasteiger partial charge is 0.203 e. The minimum absolute atomic E-state index is 0.212. The average molecular weight is 451 g/mol. The standard InChI is InChI=1S/C27H31FN2O3/c1-19-17-21(20-5-9-23(28)10-6-20)7-11-24(19)30-15-13-29(14-16-30)18-22-8-12-25(31-2)27(33-4)26(22)32-3/h5-12,17H,13-16,18H2,1-4H3. The van der Waals surface area contributed by atoms with Gasteiger partial charge in [-0.2, -0.15) is 0 Å². The lowest BCUT2D eigenvalue weighted by Crippen LogP contribution is -2.46. The summed E-state index contributed by atoms with van der Waals surface area (Å²) >= 11 is 0. The Morgan fingerprint density at radius 1 is 0.758 bits per heavy atom. The molecule has 0 radical (unpaired) electrons. The second kappa shape index (κ2) is 10.1. The Morgan fingerprint density at radius 3 is 2.03 bits per heavy atom. The highest BCUT2D eigenvalue weighted by atomic mass is 19.1. The van der Waals surface area contributed by atoms with Crippen LogP contribution in [-0.4, -0.2) is 52.4 Å². The molecule has 0 N–H and O–H groups in total. The number of rotatable bonds is 7. The summed E-state index contributed by atoms with van der Waals surface area (Å²) in [5, 5.41) is 0. The van der Waals surface area contributed by atoms with Crippen LogP contribution in [0.5, 0.6) is 17.2 Å². The molecule has 1 aliphatic heterocycles. The van der Waals surface area contributed by atoms with Crippen LogP contribution in [0.4, 0.5) is 10.1 Å². The summed E-state index contributed by atoms with van der Waals surface area (Å²) in [6.45, 7) is 6.75. The fraction of sp³-hybridized carbons (Fsp3) is 0.333. The number of aryl methyl sites for hydroxylation is 1. The lowest BCUT2D eigenvalue weighted by atomic mass is 10.0. The van der Waals surface area contributed by atoms with Crippen molar-refractivity contribution in [1.29, 1.82) is 0 Å². The summed E-state index contributed by atoms with van der Waals surface area (Å²) in [5.41, 5.74) is 5.70. The van der Waals surface area contributed by atoms with Crippen molar-refractivity contribution < 1.29 is 18.6 Å². The largest absolute Gasteiger partial charge is 0.493 e. The van der Waals surface area contributed by atoms with Crippen molar-refractivity contribution in [2.45, 2.75) is 13.5 Å². The second-order valence-electron chi connectivity index (χ2n) is 8.26. The van der Waals surface area contributed by atoms with E-state index in [1.54, 1.807) is 21.3 Å². The summed E-state index contributed by atoms with van der Waals surface area (Å²) in [6, 6.07) is 17.1. The molecule has 6 heteroatoms. The van der Waals surface area contributed by atoms with Crippen LogP contribution >= 0.6 is 0 Å². The average Bonchev–Trinajstić information content (AvgIpc) is 2.84. The number of benzene rings is 3. The maximum absolute atomic E-state index is 13.2. The highest BCUT2D eigenvalue weighted by molar-refractivity contribution is 5.69. The molecule has 0 amide bonds.